The van der Waals surface area contributed by atoms with E-state index in [-0.39, 0.29) is 6.10 Å². The fourth-order valence-electron chi connectivity index (χ4n) is 2.27. The number of aromatic nitrogens is 1. The second kappa shape index (κ2) is 7.22. The Kier molecular flexibility index (Phi) is 5.32. The average molecular weight is 274 g/mol. The molecule has 0 amide bonds. The highest BCUT2D eigenvalue weighted by molar-refractivity contribution is 5.83. The first-order valence-corrected chi connectivity index (χ1v) is 7.05. The Morgan fingerprint density at radius 3 is 2.95 bits per heavy atom. The normalized spacial score (nSPS) is 12.6. The summed E-state index contributed by atoms with van der Waals surface area (Å²) < 4.78 is 5.26. The molecule has 2 aromatic rings. The topological polar surface area (TPSA) is 54.4 Å². The van der Waals surface area contributed by atoms with E-state index in [4.69, 9.17) is 4.74 Å². The largest absolute Gasteiger partial charge is 0.497 e. The number of ether oxygens (including phenoxy) is 1. The van der Waals surface area contributed by atoms with Crippen LogP contribution in [0.2, 0.25) is 0 Å². The molecule has 0 aliphatic heterocycles. The quantitative estimate of drug-likeness (QED) is 0.814. The number of aliphatic hydroxyl groups is 1. The van der Waals surface area contributed by atoms with E-state index in [1.165, 1.54) is 0 Å². The first-order chi connectivity index (χ1) is 9.74. The Morgan fingerprint density at radius 2 is 2.20 bits per heavy atom. The molecule has 4 nitrogen and oxygen atoms in total. The maximum absolute atomic E-state index is 9.73. The van der Waals surface area contributed by atoms with Crippen molar-refractivity contribution in [1.82, 2.24) is 10.3 Å². The maximum atomic E-state index is 9.73. The monoisotopic (exact) mass is 274 g/mol. The first-order valence-electron chi connectivity index (χ1n) is 7.05. The van der Waals surface area contributed by atoms with E-state index in [2.05, 4.69) is 17.2 Å². The number of fused-ring (bicyclic) bond motifs is 1. The van der Waals surface area contributed by atoms with E-state index in [0.717, 1.165) is 35.1 Å². The van der Waals surface area contributed by atoms with Gasteiger partial charge in [-0.3, -0.25) is 4.98 Å². The third kappa shape index (κ3) is 3.68. The molecule has 2 N–H and O–H groups in total. The number of benzene rings is 1. The van der Waals surface area contributed by atoms with E-state index in [1.807, 2.05) is 30.5 Å². The van der Waals surface area contributed by atoms with Crippen molar-refractivity contribution >= 4 is 10.9 Å². The third-order valence-corrected chi connectivity index (χ3v) is 3.36. The molecule has 1 aromatic carbocycles. The van der Waals surface area contributed by atoms with Gasteiger partial charge >= 0.3 is 0 Å². The summed E-state index contributed by atoms with van der Waals surface area (Å²) in [6, 6.07) is 7.88. The molecule has 1 aromatic heterocycles. The number of pyridine rings is 1. The van der Waals surface area contributed by atoms with Crippen molar-refractivity contribution in [3.63, 3.8) is 0 Å². The van der Waals surface area contributed by atoms with Crippen LogP contribution in [0, 0.1) is 0 Å². The molecular formula is C16H22N2O2. The number of nitrogens with zero attached hydrogens (tertiary/aromatic N) is 1. The Morgan fingerprint density at radius 1 is 1.35 bits per heavy atom. The molecule has 0 radical (unpaired) electrons. The number of methoxy groups -OCH3 is 1. The van der Waals surface area contributed by atoms with Crippen molar-refractivity contribution in [2.75, 3.05) is 13.7 Å². The van der Waals surface area contributed by atoms with Gasteiger partial charge in [0.15, 0.2) is 0 Å². The molecule has 0 aliphatic rings. The van der Waals surface area contributed by atoms with Crippen molar-refractivity contribution in [1.29, 1.82) is 0 Å². The highest BCUT2D eigenvalue weighted by atomic mass is 16.5. The molecule has 0 saturated heterocycles. The Balaban J connectivity index is 2.09. The fourth-order valence-corrected chi connectivity index (χ4v) is 2.27. The van der Waals surface area contributed by atoms with Gasteiger partial charge < -0.3 is 15.2 Å². The van der Waals surface area contributed by atoms with Crippen molar-refractivity contribution in [3.05, 3.63) is 36.0 Å². The van der Waals surface area contributed by atoms with Gasteiger partial charge in [-0.25, -0.2) is 0 Å². The lowest BCUT2D eigenvalue weighted by atomic mass is 10.1. The van der Waals surface area contributed by atoms with Crippen molar-refractivity contribution in [2.45, 2.75) is 32.4 Å². The SMILES string of the molecule is CCC[C@H](O)CNCc1ccnc2ccc(OC)cc12. The van der Waals surface area contributed by atoms with E-state index >= 15 is 0 Å². The summed E-state index contributed by atoms with van der Waals surface area (Å²) in [7, 11) is 1.66. The lowest BCUT2D eigenvalue weighted by Crippen LogP contribution is -2.26. The number of hydrogen-bond donors (Lipinski definition) is 2. The summed E-state index contributed by atoms with van der Waals surface area (Å²) in [6.45, 7) is 3.40. The van der Waals surface area contributed by atoms with Gasteiger partial charge in [0.05, 0.1) is 18.7 Å². The van der Waals surface area contributed by atoms with Crippen LogP contribution in [0.1, 0.15) is 25.3 Å². The summed E-state index contributed by atoms with van der Waals surface area (Å²) in [5, 5.41) is 14.1. The molecule has 4 heteroatoms. The second-order valence-corrected chi connectivity index (χ2v) is 4.93. The van der Waals surface area contributed by atoms with Gasteiger partial charge in [0, 0.05) is 24.7 Å². The van der Waals surface area contributed by atoms with Crippen LogP contribution in [0.4, 0.5) is 0 Å². The molecule has 1 atom stereocenters. The molecule has 0 saturated carbocycles. The average Bonchev–Trinajstić information content (AvgIpc) is 2.47. The molecule has 20 heavy (non-hydrogen) atoms. The minimum atomic E-state index is -0.275. The molecule has 0 spiro atoms. The van der Waals surface area contributed by atoms with E-state index in [0.29, 0.717) is 13.1 Å². The molecule has 2 rings (SSSR count). The molecule has 108 valence electrons. The molecular weight excluding hydrogens is 252 g/mol. The zero-order chi connectivity index (χ0) is 14.4. The Bertz CT molecular complexity index is 557. The van der Waals surface area contributed by atoms with Crippen LogP contribution in [0.5, 0.6) is 5.75 Å². The van der Waals surface area contributed by atoms with Crippen molar-refractivity contribution < 1.29 is 9.84 Å². The van der Waals surface area contributed by atoms with Crippen LogP contribution in [-0.2, 0) is 6.54 Å². The predicted molar refractivity (Wildman–Crippen MR) is 80.9 cm³/mol. The highest BCUT2D eigenvalue weighted by Gasteiger charge is 2.05. The molecule has 0 bridgehead atoms. The molecule has 0 fully saturated rings. The molecule has 1 heterocycles. The number of hydrogen-bond acceptors (Lipinski definition) is 4. The summed E-state index contributed by atoms with van der Waals surface area (Å²) in [5.74, 6) is 0.831. The van der Waals surface area contributed by atoms with Crippen LogP contribution in [0.25, 0.3) is 10.9 Å². The zero-order valence-electron chi connectivity index (χ0n) is 12.1. The molecule has 0 unspecified atom stereocenters. The van der Waals surface area contributed by atoms with E-state index in [9.17, 15) is 5.11 Å². The van der Waals surface area contributed by atoms with Crippen LogP contribution in [0.15, 0.2) is 30.5 Å². The van der Waals surface area contributed by atoms with Crippen LogP contribution in [0.3, 0.4) is 0 Å². The summed E-state index contributed by atoms with van der Waals surface area (Å²) in [6.07, 6.45) is 3.37. The van der Waals surface area contributed by atoms with Gasteiger partial charge in [-0.15, -0.1) is 0 Å². The zero-order valence-corrected chi connectivity index (χ0v) is 12.1. The lowest BCUT2D eigenvalue weighted by molar-refractivity contribution is 0.160. The highest BCUT2D eigenvalue weighted by Crippen LogP contribution is 2.22. The van der Waals surface area contributed by atoms with Gasteiger partial charge in [-0.05, 0) is 36.2 Å². The smallest absolute Gasteiger partial charge is 0.119 e. The maximum Gasteiger partial charge on any atom is 0.119 e. The van der Waals surface area contributed by atoms with Gasteiger partial charge in [0.2, 0.25) is 0 Å². The van der Waals surface area contributed by atoms with Crippen molar-refractivity contribution in [3.8, 4) is 5.75 Å². The van der Waals surface area contributed by atoms with E-state index in [1.54, 1.807) is 7.11 Å². The third-order valence-electron chi connectivity index (χ3n) is 3.36. The van der Waals surface area contributed by atoms with Crippen LogP contribution < -0.4 is 10.1 Å². The first kappa shape index (κ1) is 14.8. The summed E-state index contributed by atoms with van der Waals surface area (Å²) in [4.78, 5) is 4.36. The van der Waals surface area contributed by atoms with E-state index < -0.39 is 0 Å². The van der Waals surface area contributed by atoms with Crippen LogP contribution in [-0.4, -0.2) is 29.8 Å². The van der Waals surface area contributed by atoms with Gasteiger partial charge in [-0.2, -0.15) is 0 Å². The predicted octanol–water partition coefficient (Wildman–Crippen LogP) is 2.49. The number of nitrogens with one attached hydrogen (secondary N) is 1. The minimum Gasteiger partial charge on any atom is -0.497 e. The van der Waals surface area contributed by atoms with Gasteiger partial charge in [-0.1, -0.05) is 13.3 Å². The second-order valence-electron chi connectivity index (χ2n) is 4.93. The standard InChI is InChI=1S/C16H22N2O2/c1-3-4-13(19)11-17-10-12-7-8-18-16-6-5-14(20-2)9-15(12)16/h5-9,13,17,19H,3-4,10-11H2,1-2H3/t13-/m0/s1. The summed E-state index contributed by atoms with van der Waals surface area (Å²) >= 11 is 0. The minimum absolute atomic E-state index is 0.275. The van der Waals surface area contributed by atoms with Crippen molar-refractivity contribution in [2.24, 2.45) is 0 Å². The Labute approximate surface area is 119 Å². The number of rotatable bonds is 7. The fraction of sp³-hybridized carbons (Fsp3) is 0.438. The molecule has 0 aliphatic carbocycles. The number of aliphatic hydroxyl groups excluding tert-OH is 1. The van der Waals surface area contributed by atoms with Gasteiger partial charge in [0.25, 0.3) is 0 Å². The lowest BCUT2D eigenvalue weighted by Gasteiger charge is -2.12. The summed E-state index contributed by atoms with van der Waals surface area (Å²) in [5.41, 5.74) is 2.12. The van der Waals surface area contributed by atoms with Gasteiger partial charge in [0.1, 0.15) is 5.75 Å². The Hall–Kier alpha value is -1.65. The van der Waals surface area contributed by atoms with Crippen LogP contribution >= 0.6 is 0 Å².